The van der Waals surface area contributed by atoms with E-state index in [-0.39, 0.29) is 0 Å². The van der Waals surface area contributed by atoms with Crippen LogP contribution in [0.1, 0.15) is 20.8 Å². The van der Waals surface area contributed by atoms with Crippen molar-refractivity contribution in [2.24, 2.45) is 0 Å². The Morgan fingerprint density at radius 2 is 2.06 bits per heavy atom. The topological polar surface area (TPSA) is 38.3 Å². The molecule has 0 aliphatic heterocycles. The molecule has 0 atom stereocenters. The minimum absolute atomic E-state index is 0.479. The predicted molar refractivity (Wildman–Crippen MR) is 74.0 cm³/mol. The van der Waals surface area contributed by atoms with Gasteiger partial charge in [-0.3, -0.25) is 5.32 Å². The lowest BCUT2D eigenvalue weighted by molar-refractivity contribution is 0.0636. The molecule has 5 heteroatoms. The lowest BCUT2D eigenvalue weighted by atomic mass is 10.2. The van der Waals surface area contributed by atoms with Gasteiger partial charge in [-0.1, -0.05) is 17.7 Å². The van der Waals surface area contributed by atoms with E-state index in [1.165, 1.54) is 0 Å². The average molecular weight is 354 g/mol. The molecule has 3 nitrogen and oxygen atoms in total. The summed E-state index contributed by atoms with van der Waals surface area (Å²) in [6.45, 7) is 5.44. The van der Waals surface area contributed by atoms with Crippen molar-refractivity contribution in [1.29, 1.82) is 0 Å². The van der Waals surface area contributed by atoms with Crippen LogP contribution in [0.5, 0.6) is 0 Å². The van der Waals surface area contributed by atoms with E-state index in [0.717, 1.165) is 3.57 Å². The molecule has 0 aromatic heterocycles. The summed E-state index contributed by atoms with van der Waals surface area (Å²) in [6.07, 6.45) is -0.479. The fraction of sp³-hybridized carbons (Fsp3) is 0.364. The lowest BCUT2D eigenvalue weighted by Crippen LogP contribution is -2.27. The molecule has 1 rings (SSSR count). The third-order valence-electron chi connectivity index (χ3n) is 1.59. The van der Waals surface area contributed by atoms with Gasteiger partial charge in [0.25, 0.3) is 0 Å². The Balaban J connectivity index is 2.74. The Bertz CT molecular complexity index is 401. The lowest BCUT2D eigenvalue weighted by Gasteiger charge is -2.20. The van der Waals surface area contributed by atoms with Crippen LogP contribution in [0.2, 0.25) is 5.02 Å². The van der Waals surface area contributed by atoms with Crippen LogP contribution in [0.3, 0.4) is 0 Å². The highest BCUT2D eigenvalue weighted by Gasteiger charge is 2.17. The van der Waals surface area contributed by atoms with Gasteiger partial charge in [0.2, 0.25) is 0 Å². The van der Waals surface area contributed by atoms with E-state index in [0.29, 0.717) is 10.7 Å². The van der Waals surface area contributed by atoms with Gasteiger partial charge in [-0.2, -0.15) is 0 Å². The standard InChI is InChI=1S/C11H13ClINO2/c1-11(2,3)16-10(15)14-8-6-4-5-7(12)9(8)13/h4-6H,1-3H3,(H,14,15). The highest BCUT2D eigenvalue weighted by molar-refractivity contribution is 14.1. The highest BCUT2D eigenvalue weighted by atomic mass is 127. The summed E-state index contributed by atoms with van der Waals surface area (Å²) in [5.74, 6) is 0. The highest BCUT2D eigenvalue weighted by Crippen LogP contribution is 2.26. The summed E-state index contributed by atoms with van der Waals surface area (Å²) in [4.78, 5) is 11.5. The Hall–Kier alpha value is -0.490. The van der Waals surface area contributed by atoms with Crippen molar-refractivity contribution in [2.45, 2.75) is 26.4 Å². The number of halogens is 2. The van der Waals surface area contributed by atoms with Crippen LogP contribution in [-0.2, 0) is 4.74 Å². The van der Waals surface area contributed by atoms with Gasteiger partial charge in [-0.05, 0) is 55.5 Å². The molecule has 0 saturated carbocycles. The zero-order chi connectivity index (χ0) is 12.3. The van der Waals surface area contributed by atoms with Crippen LogP contribution in [0.25, 0.3) is 0 Å². The fourth-order valence-corrected chi connectivity index (χ4v) is 1.68. The van der Waals surface area contributed by atoms with Crippen LogP contribution in [0.4, 0.5) is 10.5 Å². The Labute approximate surface area is 114 Å². The van der Waals surface area contributed by atoms with Gasteiger partial charge in [0.1, 0.15) is 5.60 Å². The number of carbonyl (C=O) groups is 1. The first kappa shape index (κ1) is 13.6. The molecule has 0 heterocycles. The summed E-state index contributed by atoms with van der Waals surface area (Å²) in [5, 5.41) is 3.26. The molecular weight excluding hydrogens is 340 g/mol. The van der Waals surface area contributed by atoms with Gasteiger partial charge in [-0.25, -0.2) is 4.79 Å². The number of benzene rings is 1. The molecule has 0 spiro atoms. The van der Waals surface area contributed by atoms with Gasteiger partial charge >= 0.3 is 6.09 Å². The first-order chi connectivity index (χ1) is 7.29. The van der Waals surface area contributed by atoms with E-state index < -0.39 is 11.7 Å². The molecule has 1 amide bonds. The molecule has 0 fully saturated rings. The monoisotopic (exact) mass is 353 g/mol. The van der Waals surface area contributed by atoms with E-state index >= 15 is 0 Å². The number of carbonyl (C=O) groups excluding carboxylic acids is 1. The Morgan fingerprint density at radius 1 is 1.44 bits per heavy atom. The maximum atomic E-state index is 11.5. The zero-order valence-corrected chi connectivity index (χ0v) is 12.2. The zero-order valence-electron chi connectivity index (χ0n) is 9.30. The molecule has 88 valence electrons. The van der Waals surface area contributed by atoms with Crippen LogP contribution < -0.4 is 5.32 Å². The molecule has 1 aromatic rings. The Kier molecular flexibility index (Phi) is 4.43. The van der Waals surface area contributed by atoms with Crippen LogP contribution in [-0.4, -0.2) is 11.7 Å². The number of rotatable bonds is 1. The summed E-state index contributed by atoms with van der Waals surface area (Å²) < 4.78 is 5.94. The molecule has 1 N–H and O–H groups in total. The summed E-state index contributed by atoms with van der Waals surface area (Å²) >= 11 is 8.00. The molecule has 0 saturated heterocycles. The van der Waals surface area contributed by atoms with Gasteiger partial charge in [-0.15, -0.1) is 0 Å². The SMILES string of the molecule is CC(C)(C)OC(=O)Nc1cccc(Cl)c1I. The molecule has 0 unspecified atom stereocenters. The molecule has 16 heavy (non-hydrogen) atoms. The second-order valence-electron chi connectivity index (χ2n) is 4.23. The second-order valence-corrected chi connectivity index (χ2v) is 5.71. The van der Waals surface area contributed by atoms with Gasteiger partial charge < -0.3 is 4.74 Å². The van der Waals surface area contributed by atoms with Gasteiger partial charge in [0.15, 0.2) is 0 Å². The van der Waals surface area contributed by atoms with Gasteiger partial charge in [0, 0.05) is 0 Å². The van der Waals surface area contributed by atoms with Crippen molar-refractivity contribution < 1.29 is 9.53 Å². The number of hydrogen-bond acceptors (Lipinski definition) is 2. The van der Waals surface area contributed by atoms with Crippen molar-refractivity contribution in [2.75, 3.05) is 5.32 Å². The molecule has 0 bridgehead atoms. The van der Waals surface area contributed by atoms with Crippen LogP contribution in [0.15, 0.2) is 18.2 Å². The second kappa shape index (κ2) is 5.23. The smallest absolute Gasteiger partial charge is 0.412 e. The number of amides is 1. The first-order valence-corrected chi connectivity index (χ1v) is 6.19. The van der Waals surface area contributed by atoms with E-state index in [1.807, 2.05) is 20.8 Å². The molecule has 0 radical (unpaired) electrons. The summed E-state index contributed by atoms with van der Waals surface area (Å²) in [5.41, 5.74) is 0.149. The van der Waals surface area contributed by atoms with Crippen molar-refractivity contribution in [3.05, 3.63) is 26.8 Å². The molecule has 0 aliphatic rings. The fourth-order valence-electron chi connectivity index (χ4n) is 1.01. The quantitative estimate of drug-likeness (QED) is 0.765. The third kappa shape index (κ3) is 4.17. The minimum atomic E-state index is -0.506. The number of nitrogens with one attached hydrogen (secondary N) is 1. The summed E-state index contributed by atoms with van der Waals surface area (Å²) in [6, 6.07) is 5.32. The van der Waals surface area contributed by atoms with Crippen molar-refractivity contribution in [3.8, 4) is 0 Å². The number of ether oxygens (including phenoxy) is 1. The normalized spacial score (nSPS) is 11.1. The summed E-state index contributed by atoms with van der Waals surface area (Å²) in [7, 11) is 0. The predicted octanol–water partition coefficient (Wildman–Crippen LogP) is 4.29. The average Bonchev–Trinajstić information content (AvgIpc) is 2.09. The van der Waals surface area contributed by atoms with E-state index in [1.54, 1.807) is 18.2 Å². The third-order valence-corrected chi connectivity index (χ3v) is 3.38. The van der Waals surface area contributed by atoms with Crippen molar-refractivity contribution in [3.63, 3.8) is 0 Å². The van der Waals surface area contributed by atoms with Crippen molar-refractivity contribution >= 4 is 46.0 Å². The maximum absolute atomic E-state index is 11.5. The Morgan fingerprint density at radius 3 is 2.62 bits per heavy atom. The van der Waals surface area contributed by atoms with E-state index in [2.05, 4.69) is 27.9 Å². The maximum Gasteiger partial charge on any atom is 0.412 e. The number of anilines is 1. The van der Waals surface area contributed by atoms with E-state index in [9.17, 15) is 4.79 Å². The van der Waals surface area contributed by atoms with E-state index in [4.69, 9.17) is 16.3 Å². The largest absolute Gasteiger partial charge is 0.444 e. The number of hydrogen-bond donors (Lipinski definition) is 1. The first-order valence-electron chi connectivity index (χ1n) is 4.73. The minimum Gasteiger partial charge on any atom is -0.444 e. The molecular formula is C11H13ClINO2. The van der Waals surface area contributed by atoms with Crippen molar-refractivity contribution in [1.82, 2.24) is 0 Å². The van der Waals surface area contributed by atoms with Gasteiger partial charge in [0.05, 0.1) is 14.3 Å². The molecule has 1 aromatic carbocycles. The van der Waals surface area contributed by atoms with Crippen LogP contribution in [0, 0.1) is 3.57 Å². The molecule has 0 aliphatic carbocycles. The van der Waals surface area contributed by atoms with Crippen LogP contribution >= 0.6 is 34.2 Å².